The van der Waals surface area contributed by atoms with Crippen molar-refractivity contribution in [1.29, 1.82) is 0 Å². The minimum Gasteiger partial charge on any atom is 0 e. The van der Waals surface area contributed by atoms with Gasteiger partial charge in [0.15, 0.2) is 0 Å². The van der Waals surface area contributed by atoms with Crippen LogP contribution in [0.25, 0.3) is 0 Å². The molecule has 0 amide bonds. The molecule has 2 fully saturated rings. The van der Waals surface area contributed by atoms with Gasteiger partial charge in [-0.3, -0.25) is 0 Å². The van der Waals surface area contributed by atoms with Gasteiger partial charge in [-0.25, -0.2) is 0 Å². The molecule has 156 valence electrons. The van der Waals surface area contributed by atoms with Gasteiger partial charge in [0, 0.05) is 46.0 Å². The average molecular weight is 488 g/mol. The summed E-state index contributed by atoms with van der Waals surface area (Å²) >= 11 is 0. The number of hydrogen-bond donors (Lipinski definition) is 0. The van der Waals surface area contributed by atoms with E-state index < -0.39 is 0 Å². The summed E-state index contributed by atoms with van der Waals surface area (Å²) in [6.07, 6.45) is 13.0. The SMILES string of the molecule is C[C]1[CH][CH][CH][C]1/C(C)=C(\C)[C]1[CH][CH][CH][C]1C.[C-]#[O+].[C-]#[O+].[C-]#[O+].[C-]#[O+].[C-]#[O+].[C-]#[O+].[Mn].[Mn]. The number of hydrogen-bond acceptors (Lipinski definition) is 0. The molecule has 8 heteroatoms. The molecule has 2 aliphatic carbocycles. The topological polar surface area (TPSA) is 119 Å². The molecule has 6 nitrogen and oxygen atoms in total. The first-order valence-corrected chi connectivity index (χ1v) is 6.96. The maximum Gasteiger partial charge on any atom is 0 e. The standard InChI is InChI=1S/C16H18.6CO.2Mn/c1-11-7-5-9-15(11)13(3)14(4)16-10-6-8-12(16)2;6*1-2;;/h5-10H,1-4H3;;;;;;;;/b14-13+;;;;;;;;. The fourth-order valence-electron chi connectivity index (χ4n) is 2.27. The van der Waals surface area contributed by atoms with Crippen molar-refractivity contribution in [3.05, 3.63) is 113 Å². The second-order valence-electron chi connectivity index (χ2n) is 4.49. The van der Waals surface area contributed by atoms with Gasteiger partial charge >= 0.3 is 67.8 Å². The van der Waals surface area contributed by atoms with Gasteiger partial charge in [0.05, 0.1) is 0 Å². The monoisotopic (exact) mass is 488 g/mol. The van der Waals surface area contributed by atoms with Crippen LogP contribution in [0.5, 0.6) is 0 Å². The molecule has 0 heterocycles. The predicted octanol–water partition coefficient (Wildman–Crippen LogP) is 3.68. The van der Waals surface area contributed by atoms with E-state index in [1.807, 2.05) is 0 Å². The largest absolute Gasteiger partial charge is 0 e. The van der Waals surface area contributed by atoms with Crippen LogP contribution in [0.4, 0.5) is 0 Å². The van der Waals surface area contributed by atoms with Crippen LogP contribution in [-0.4, -0.2) is 0 Å². The first-order chi connectivity index (χ1) is 13.6. The summed E-state index contributed by atoms with van der Waals surface area (Å²) in [6.45, 7) is 35.8. The maximum atomic E-state index is 7.50. The maximum absolute atomic E-state index is 7.50. The fourth-order valence-corrected chi connectivity index (χ4v) is 2.27. The zero-order chi connectivity index (χ0) is 23.7. The van der Waals surface area contributed by atoms with E-state index in [1.165, 1.54) is 34.8 Å². The van der Waals surface area contributed by atoms with Crippen molar-refractivity contribution in [2.75, 3.05) is 0 Å². The normalized spacial score (nSPS) is 15.2. The Hall–Kier alpha value is -0.781. The van der Waals surface area contributed by atoms with Crippen molar-refractivity contribution < 1.29 is 62.1 Å². The minimum atomic E-state index is 0. The number of allylic oxidation sites excluding steroid dienone is 2. The van der Waals surface area contributed by atoms with Crippen molar-refractivity contribution >= 4 is 0 Å². The quantitative estimate of drug-likeness (QED) is 0.320. The summed E-state index contributed by atoms with van der Waals surface area (Å²) in [5.41, 5.74) is 2.77. The molecule has 0 atom stereocenters. The van der Waals surface area contributed by atoms with E-state index in [-0.39, 0.29) is 34.1 Å². The molecule has 0 saturated heterocycles. The minimum absolute atomic E-state index is 0. The molecule has 2 aliphatic rings. The molecule has 30 heavy (non-hydrogen) atoms. The molecule has 0 spiro atoms. The van der Waals surface area contributed by atoms with E-state index in [0.717, 1.165) is 0 Å². The zero-order valence-corrected chi connectivity index (χ0v) is 19.0. The summed E-state index contributed by atoms with van der Waals surface area (Å²) in [5, 5.41) is 0. The molecule has 0 aromatic rings. The Kier molecular flexibility index (Phi) is 60.9. The number of rotatable bonds is 2. The summed E-state index contributed by atoms with van der Waals surface area (Å²) in [6, 6.07) is 0. The van der Waals surface area contributed by atoms with Crippen LogP contribution >= 0.6 is 0 Å². The van der Waals surface area contributed by atoms with E-state index in [0.29, 0.717) is 0 Å². The molecule has 2 saturated carbocycles. The Bertz CT molecular complexity index is 443. The van der Waals surface area contributed by atoms with Crippen LogP contribution < -0.4 is 0 Å². The molecule has 0 aromatic heterocycles. The molecule has 0 unspecified atom stereocenters. The zero-order valence-electron chi connectivity index (χ0n) is 16.7. The van der Waals surface area contributed by atoms with Crippen molar-refractivity contribution in [3.8, 4) is 0 Å². The van der Waals surface area contributed by atoms with Gasteiger partial charge in [-0.15, -0.1) is 0 Å². The molecule has 0 aromatic carbocycles. The second-order valence-corrected chi connectivity index (χ2v) is 4.49. The van der Waals surface area contributed by atoms with Gasteiger partial charge in [-0.2, -0.15) is 0 Å². The van der Waals surface area contributed by atoms with Crippen LogP contribution in [0.2, 0.25) is 0 Å². The average Bonchev–Trinajstić information content (AvgIpc) is 3.43. The van der Waals surface area contributed by atoms with Crippen LogP contribution in [-0.2, 0) is 62.1 Å². The first-order valence-electron chi connectivity index (χ1n) is 6.96. The Balaban J connectivity index is -0.0000000657. The Morgan fingerprint density at radius 1 is 0.500 bits per heavy atom. The van der Waals surface area contributed by atoms with E-state index in [4.69, 9.17) is 27.9 Å². The van der Waals surface area contributed by atoms with Crippen LogP contribution in [0.3, 0.4) is 0 Å². The van der Waals surface area contributed by atoms with E-state index >= 15 is 0 Å². The third-order valence-electron chi connectivity index (χ3n) is 3.44. The van der Waals surface area contributed by atoms with Crippen molar-refractivity contribution in [2.45, 2.75) is 27.7 Å². The third kappa shape index (κ3) is 19.2. The van der Waals surface area contributed by atoms with Crippen LogP contribution in [0, 0.1) is 102 Å². The van der Waals surface area contributed by atoms with Crippen molar-refractivity contribution in [1.82, 2.24) is 0 Å². The molecule has 0 aliphatic heterocycles. The van der Waals surface area contributed by atoms with Gasteiger partial charge in [0.2, 0.25) is 0 Å². The predicted molar refractivity (Wildman–Crippen MR) is 92.1 cm³/mol. The summed E-state index contributed by atoms with van der Waals surface area (Å²) < 4.78 is 45.0. The molecule has 0 bridgehead atoms. The molecule has 0 N–H and O–H groups in total. The molecule has 12 radical (unpaired) electrons. The van der Waals surface area contributed by atoms with Gasteiger partial charge in [-0.05, 0) is 64.2 Å². The van der Waals surface area contributed by atoms with Crippen molar-refractivity contribution in [2.24, 2.45) is 0 Å². The van der Waals surface area contributed by atoms with Crippen LogP contribution in [0.15, 0.2) is 11.1 Å². The van der Waals surface area contributed by atoms with Gasteiger partial charge in [0.1, 0.15) is 0 Å². The van der Waals surface area contributed by atoms with E-state index in [1.54, 1.807) is 0 Å². The van der Waals surface area contributed by atoms with E-state index in [9.17, 15) is 0 Å². The summed E-state index contributed by atoms with van der Waals surface area (Å²) in [5.74, 6) is 5.47. The first kappa shape index (κ1) is 47.1. The van der Waals surface area contributed by atoms with Crippen molar-refractivity contribution in [3.63, 3.8) is 0 Å². The summed E-state index contributed by atoms with van der Waals surface area (Å²) in [7, 11) is 0. The van der Waals surface area contributed by atoms with Crippen LogP contribution in [0.1, 0.15) is 27.7 Å². The Morgan fingerprint density at radius 2 is 0.700 bits per heavy atom. The van der Waals surface area contributed by atoms with Gasteiger partial charge < -0.3 is 0 Å². The molecule has 2 rings (SSSR count). The van der Waals surface area contributed by atoms with Gasteiger partial charge in [0.25, 0.3) is 0 Å². The Labute approximate surface area is 202 Å². The summed E-state index contributed by atoms with van der Waals surface area (Å²) in [4.78, 5) is 0. The molecular formula is C22H18Mn2O6. The second kappa shape index (κ2) is 38.8. The van der Waals surface area contributed by atoms with Gasteiger partial charge in [-0.1, -0.05) is 25.0 Å². The third-order valence-corrected chi connectivity index (χ3v) is 3.44. The van der Waals surface area contributed by atoms with E-state index in [2.05, 4.69) is 106 Å². The fraction of sp³-hybridized carbons (Fsp3) is 0.182. The smallest absolute Gasteiger partial charge is 0 e. The Morgan fingerprint density at radius 3 is 0.833 bits per heavy atom. The molecular weight excluding hydrogens is 470 g/mol.